The van der Waals surface area contributed by atoms with Gasteiger partial charge in [-0.3, -0.25) is 4.79 Å². The quantitative estimate of drug-likeness (QED) is 0.914. The highest BCUT2D eigenvalue weighted by Gasteiger charge is 2.40. The molecule has 0 saturated carbocycles. The van der Waals surface area contributed by atoms with Gasteiger partial charge in [0.2, 0.25) is 10.0 Å². The number of benzene rings is 1. The molecule has 0 amide bonds. The minimum atomic E-state index is -3.82. The third-order valence-electron chi connectivity index (χ3n) is 4.15. The van der Waals surface area contributed by atoms with Gasteiger partial charge in [0.05, 0.1) is 22.4 Å². The normalized spacial score (nSPS) is 23.0. The molecule has 1 aromatic carbocycles. The Balaban J connectivity index is 2.46. The molecule has 1 heterocycles. The molecule has 0 unspecified atom stereocenters. The summed E-state index contributed by atoms with van der Waals surface area (Å²) in [5.74, 6) is -1.68. The van der Waals surface area contributed by atoms with Gasteiger partial charge < -0.3 is 5.11 Å². The first kappa shape index (κ1) is 16.5. The molecule has 1 aromatic rings. The van der Waals surface area contributed by atoms with Gasteiger partial charge in [-0.25, -0.2) is 8.42 Å². The molecule has 0 radical (unpaired) electrons. The molecular formula is C15H18N2O4S. The average molecular weight is 322 g/mol. The lowest BCUT2D eigenvalue weighted by molar-refractivity contribution is -0.144. The van der Waals surface area contributed by atoms with Crippen LogP contribution in [-0.2, 0) is 14.8 Å². The second-order valence-electron chi connectivity index (χ2n) is 5.54. The second-order valence-corrected chi connectivity index (χ2v) is 7.39. The third-order valence-corrected chi connectivity index (χ3v) is 6.28. The van der Waals surface area contributed by atoms with Crippen molar-refractivity contribution in [2.45, 2.75) is 37.6 Å². The Hall–Kier alpha value is -1.91. The number of nitrogens with zero attached hydrogens (tertiary/aromatic N) is 2. The molecule has 2 atom stereocenters. The first-order chi connectivity index (χ1) is 10.3. The van der Waals surface area contributed by atoms with Crippen molar-refractivity contribution in [3.63, 3.8) is 0 Å². The number of piperidine rings is 1. The maximum absolute atomic E-state index is 12.9. The van der Waals surface area contributed by atoms with Crippen molar-refractivity contribution in [2.24, 2.45) is 5.92 Å². The summed E-state index contributed by atoms with van der Waals surface area (Å²) in [6.07, 6.45) is 0.983. The SMILES string of the molecule is Cc1ccc(C#N)cc1S(=O)(=O)N1CCC[C@@H](C(=O)O)[C@H]1C. The Morgan fingerprint density at radius 2 is 2.14 bits per heavy atom. The lowest BCUT2D eigenvalue weighted by atomic mass is 9.92. The van der Waals surface area contributed by atoms with E-state index in [4.69, 9.17) is 5.26 Å². The number of carboxylic acid groups (broad SMARTS) is 1. The molecule has 1 aliphatic rings. The topological polar surface area (TPSA) is 98.5 Å². The predicted molar refractivity (Wildman–Crippen MR) is 79.6 cm³/mol. The number of sulfonamides is 1. The number of carboxylic acids is 1. The van der Waals surface area contributed by atoms with E-state index in [1.54, 1.807) is 26.0 Å². The molecule has 0 aromatic heterocycles. The van der Waals surface area contributed by atoms with Crippen molar-refractivity contribution in [1.82, 2.24) is 4.31 Å². The third kappa shape index (κ3) is 2.85. The molecule has 1 fully saturated rings. The fraction of sp³-hybridized carbons (Fsp3) is 0.467. The Labute approximate surface area is 130 Å². The molecule has 0 aliphatic carbocycles. The summed E-state index contributed by atoms with van der Waals surface area (Å²) in [6, 6.07) is 5.83. The molecule has 7 heteroatoms. The van der Waals surface area contributed by atoms with Crippen LogP contribution in [0.5, 0.6) is 0 Å². The van der Waals surface area contributed by atoms with Gasteiger partial charge in [-0.05, 0) is 44.4 Å². The first-order valence-corrected chi connectivity index (χ1v) is 8.48. The van der Waals surface area contributed by atoms with Crippen LogP contribution in [-0.4, -0.2) is 36.4 Å². The van der Waals surface area contributed by atoms with E-state index in [-0.39, 0.29) is 10.5 Å². The fourth-order valence-electron chi connectivity index (χ4n) is 2.86. The van der Waals surface area contributed by atoms with Gasteiger partial charge in [-0.2, -0.15) is 9.57 Å². The molecular weight excluding hydrogens is 304 g/mol. The smallest absolute Gasteiger partial charge is 0.308 e. The van der Waals surface area contributed by atoms with Crippen molar-refractivity contribution in [2.75, 3.05) is 6.54 Å². The van der Waals surface area contributed by atoms with Crippen LogP contribution in [0.3, 0.4) is 0 Å². The van der Waals surface area contributed by atoms with Crippen LogP contribution in [0, 0.1) is 24.2 Å². The van der Waals surface area contributed by atoms with Crippen LogP contribution in [0.1, 0.15) is 30.9 Å². The Morgan fingerprint density at radius 3 is 2.73 bits per heavy atom. The lowest BCUT2D eigenvalue weighted by Gasteiger charge is -2.36. The number of hydrogen-bond donors (Lipinski definition) is 1. The standard InChI is InChI=1S/C15H18N2O4S/c1-10-5-6-12(9-16)8-14(10)22(20,21)17-7-3-4-13(11(17)2)15(18)19/h5-6,8,11,13H,3-4,7H2,1-2H3,(H,18,19)/t11-,13-/m1/s1. The maximum atomic E-state index is 12.9. The number of nitriles is 1. The summed E-state index contributed by atoms with van der Waals surface area (Å²) < 4.78 is 27.0. The van der Waals surface area contributed by atoms with E-state index in [0.29, 0.717) is 24.9 Å². The van der Waals surface area contributed by atoms with Gasteiger partial charge in [0.15, 0.2) is 0 Å². The van der Waals surface area contributed by atoms with E-state index in [0.717, 1.165) is 0 Å². The molecule has 1 aliphatic heterocycles. The predicted octanol–water partition coefficient (Wildman–Crippen LogP) is 1.74. The van der Waals surface area contributed by atoms with Gasteiger partial charge in [-0.1, -0.05) is 6.07 Å². The summed E-state index contributed by atoms with van der Waals surface area (Å²) in [5, 5.41) is 18.2. The number of hydrogen-bond acceptors (Lipinski definition) is 4. The van der Waals surface area contributed by atoms with Gasteiger partial charge >= 0.3 is 5.97 Å². The number of aliphatic carboxylic acids is 1. The highest BCUT2D eigenvalue weighted by atomic mass is 32.2. The minimum absolute atomic E-state index is 0.0736. The van der Waals surface area contributed by atoms with Gasteiger partial charge in [0.25, 0.3) is 0 Å². The van der Waals surface area contributed by atoms with Crippen LogP contribution in [0.25, 0.3) is 0 Å². The number of aryl methyl sites for hydroxylation is 1. The van der Waals surface area contributed by atoms with Crippen molar-refractivity contribution < 1.29 is 18.3 Å². The fourth-order valence-corrected chi connectivity index (χ4v) is 4.81. The van der Waals surface area contributed by atoms with Crippen molar-refractivity contribution >= 4 is 16.0 Å². The van der Waals surface area contributed by atoms with Crippen molar-refractivity contribution in [3.05, 3.63) is 29.3 Å². The van der Waals surface area contributed by atoms with Crippen LogP contribution >= 0.6 is 0 Å². The Bertz CT molecular complexity index is 736. The van der Waals surface area contributed by atoms with Crippen molar-refractivity contribution in [1.29, 1.82) is 5.26 Å². The summed E-state index contributed by atoms with van der Waals surface area (Å²) in [6.45, 7) is 3.58. The first-order valence-electron chi connectivity index (χ1n) is 7.04. The maximum Gasteiger partial charge on any atom is 0.308 e. The highest BCUT2D eigenvalue weighted by Crippen LogP contribution is 2.30. The summed E-state index contributed by atoms with van der Waals surface area (Å²) >= 11 is 0. The van der Waals surface area contributed by atoms with Gasteiger partial charge in [0.1, 0.15) is 0 Å². The van der Waals surface area contributed by atoms with Gasteiger partial charge in [0, 0.05) is 12.6 Å². The van der Waals surface area contributed by atoms with E-state index in [2.05, 4.69) is 0 Å². The van der Waals surface area contributed by atoms with E-state index in [1.165, 1.54) is 10.4 Å². The highest BCUT2D eigenvalue weighted by molar-refractivity contribution is 7.89. The number of carbonyl (C=O) groups is 1. The van der Waals surface area contributed by atoms with E-state index in [1.807, 2.05) is 6.07 Å². The zero-order chi connectivity index (χ0) is 16.5. The zero-order valence-electron chi connectivity index (χ0n) is 12.5. The average Bonchev–Trinajstić information content (AvgIpc) is 2.47. The monoisotopic (exact) mass is 322 g/mol. The molecule has 0 spiro atoms. The Morgan fingerprint density at radius 1 is 1.45 bits per heavy atom. The summed E-state index contributed by atoms with van der Waals surface area (Å²) in [5.41, 5.74) is 0.812. The van der Waals surface area contributed by atoms with Crippen molar-refractivity contribution in [3.8, 4) is 6.07 Å². The van der Waals surface area contributed by atoms with Crippen LogP contribution in [0.4, 0.5) is 0 Å². The number of rotatable bonds is 3. The molecule has 22 heavy (non-hydrogen) atoms. The van der Waals surface area contributed by atoms with E-state index < -0.39 is 28.0 Å². The van der Waals surface area contributed by atoms with Crippen LogP contribution < -0.4 is 0 Å². The second kappa shape index (κ2) is 6.07. The lowest BCUT2D eigenvalue weighted by Crippen LogP contribution is -2.49. The molecule has 0 bridgehead atoms. The minimum Gasteiger partial charge on any atom is -0.481 e. The molecule has 2 rings (SSSR count). The zero-order valence-corrected chi connectivity index (χ0v) is 13.3. The molecule has 1 N–H and O–H groups in total. The largest absolute Gasteiger partial charge is 0.481 e. The van der Waals surface area contributed by atoms with Crippen LogP contribution in [0.2, 0.25) is 0 Å². The molecule has 1 saturated heterocycles. The summed E-state index contributed by atoms with van der Waals surface area (Å²) in [4.78, 5) is 11.4. The molecule has 118 valence electrons. The molecule has 6 nitrogen and oxygen atoms in total. The summed E-state index contributed by atoms with van der Waals surface area (Å²) in [7, 11) is -3.82. The van der Waals surface area contributed by atoms with Gasteiger partial charge in [-0.15, -0.1) is 0 Å². The van der Waals surface area contributed by atoms with E-state index >= 15 is 0 Å². The van der Waals surface area contributed by atoms with E-state index in [9.17, 15) is 18.3 Å². The Kier molecular flexibility index (Phi) is 4.54. The van der Waals surface area contributed by atoms with Crippen LogP contribution in [0.15, 0.2) is 23.1 Å².